The highest BCUT2D eigenvalue weighted by Gasteiger charge is 2.17. The molecule has 0 aliphatic carbocycles. The Morgan fingerprint density at radius 2 is 2.17 bits per heavy atom. The number of hydrogen-bond acceptors (Lipinski definition) is 3. The van der Waals surface area contributed by atoms with Gasteiger partial charge in [0.15, 0.2) is 0 Å². The first-order valence-corrected chi connectivity index (χ1v) is 6.43. The molecular formula is C14H20FNO2. The van der Waals surface area contributed by atoms with Gasteiger partial charge in [0.25, 0.3) is 0 Å². The smallest absolute Gasteiger partial charge is 0.131 e. The SMILES string of the molecule is C[C@H](N)c1c(F)cccc1OCC1CCOCC1. The Morgan fingerprint density at radius 3 is 2.83 bits per heavy atom. The molecule has 1 aromatic carbocycles. The molecular weight excluding hydrogens is 233 g/mol. The normalized spacial score (nSPS) is 18.6. The minimum absolute atomic E-state index is 0.297. The van der Waals surface area contributed by atoms with E-state index < -0.39 is 0 Å². The van der Waals surface area contributed by atoms with Crippen molar-refractivity contribution in [3.8, 4) is 5.75 Å². The highest BCUT2D eigenvalue weighted by molar-refractivity contribution is 5.36. The maximum absolute atomic E-state index is 13.7. The second kappa shape index (κ2) is 6.16. The number of halogens is 1. The van der Waals surface area contributed by atoms with E-state index in [1.165, 1.54) is 6.07 Å². The van der Waals surface area contributed by atoms with Gasteiger partial charge in [-0.3, -0.25) is 0 Å². The second-order valence-electron chi connectivity index (χ2n) is 4.81. The van der Waals surface area contributed by atoms with Crippen LogP contribution in [0.1, 0.15) is 31.4 Å². The Balaban J connectivity index is 2.02. The lowest BCUT2D eigenvalue weighted by Crippen LogP contribution is -2.22. The van der Waals surface area contributed by atoms with Gasteiger partial charge in [-0.1, -0.05) is 6.07 Å². The first kappa shape index (κ1) is 13.3. The highest BCUT2D eigenvalue weighted by atomic mass is 19.1. The molecule has 0 amide bonds. The van der Waals surface area contributed by atoms with Crippen molar-refractivity contribution in [3.63, 3.8) is 0 Å². The van der Waals surface area contributed by atoms with Crippen molar-refractivity contribution in [3.05, 3.63) is 29.6 Å². The van der Waals surface area contributed by atoms with E-state index >= 15 is 0 Å². The summed E-state index contributed by atoms with van der Waals surface area (Å²) in [6.45, 7) is 3.95. The summed E-state index contributed by atoms with van der Waals surface area (Å²) in [5, 5.41) is 0. The molecule has 1 fully saturated rings. The molecule has 4 heteroatoms. The van der Waals surface area contributed by atoms with Gasteiger partial charge in [-0.2, -0.15) is 0 Å². The third-order valence-electron chi connectivity index (χ3n) is 3.28. The van der Waals surface area contributed by atoms with Crippen LogP contribution in [-0.4, -0.2) is 19.8 Å². The second-order valence-corrected chi connectivity index (χ2v) is 4.81. The zero-order valence-corrected chi connectivity index (χ0v) is 10.7. The van der Waals surface area contributed by atoms with E-state index in [0.29, 0.717) is 23.8 Å². The zero-order valence-electron chi connectivity index (χ0n) is 10.7. The summed E-state index contributed by atoms with van der Waals surface area (Å²) in [7, 11) is 0. The number of nitrogens with two attached hydrogens (primary N) is 1. The van der Waals surface area contributed by atoms with Crippen LogP contribution < -0.4 is 10.5 Å². The topological polar surface area (TPSA) is 44.5 Å². The fourth-order valence-electron chi connectivity index (χ4n) is 2.21. The molecule has 0 unspecified atom stereocenters. The predicted octanol–water partition coefficient (Wildman–Crippen LogP) is 2.65. The predicted molar refractivity (Wildman–Crippen MR) is 68.0 cm³/mol. The third kappa shape index (κ3) is 3.21. The minimum atomic E-state index is -0.365. The molecule has 3 nitrogen and oxygen atoms in total. The summed E-state index contributed by atoms with van der Waals surface area (Å²) in [6.07, 6.45) is 2.01. The molecule has 18 heavy (non-hydrogen) atoms. The molecule has 1 saturated heterocycles. The number of rotatable bonds is 4. The molecule has 1 aliphatic rings. The van der Waals surface area contributed by atoms with Gasteiger partial charge >= 0.3 is 0 Å². The van der Waals surface area contributed by atoms with Crippen LogP contribution in [0.2, 0.25) is 0 Å². The van der Waals surface area contributed by atoms with Crippen molar-refractivity contribution in [2.24, 2.45) is 11.7 Å². The molecule has 2 N–H and O–H groups in total. The van der Waals surface area contributed by atoms with E-state index in [1.54, 1.807) is 19.1 Å². The fraction of sp³-hybridized carbons (Fsp3) is 0.571. The minimum Gasteiger partial charge on any atom is -0.493 e. The van der Waals surface area contributed by atoms with Crippen LogP contribution in [0.3, 0.4) is 0 Å². The van der Waals surface area contributed by atoms with Crippen LogP contribution in [-0.2, 0) is 4.74 Å². The number of ether oxygens (including phenoxy) is 2. The molecule has 1 heterocycles. The molecule has 1 aromatic rings. The molecule has 1 atom stereocenters. The molecule has 0 saturated carbocycles. The average molecular weight is 253 g/mol. The van der Waals surface area contributed by atoms with Crippen molar-refractivity contribution in [1.29, 1.82) is 0 Å². The van der Waals surface area contributed by atoms with Gasteiger partial charge in [-0.15, -0.1) is 0 Å². The summed E-state index contributed by atoms with van der Waals surface area (Å²) in [5.41, 5.74) is 6.25. The molecule has 0 bridgehead atoms. The number of benzene rings is 1. The summed E-state index contributed by atoms with van der Waals surface area (Å²) >= 11 is 0. The Kier molecular flexibility index (Phi) is 4.55. The van der Waals surface area contributed by atoms with E-state index in [4.69, 9.17) is 15.2 Å². The van der Waals surface area contributed by atoms with E-state index in [-0.39, 0.29) is 11.9 Å². The quantitative estimate of drug-likeness (QED) is 0.897. The lowest BCUT2D eigenvalue weighted by atomic mass is 10.0. The maximum Gasteiger partial charge on any atom is 0.131 e. The van der Waals surface area contributed by atoms with Gasteiger partial charge in [0.1, 0.15) is 11.6 Å². The van der Waals surface area contributed by atoms with Crippen LogP contribution in [0.4, 0.5) is 4.39 Å². The van der Waals surface area contributed by atoms with E-state index in [9.17, 15) is 4.39 Å². The van der Waals surface area contributed by atoms with Crippen molar-refractivity contribution < 1.29 is 13.9 Å². The van der Waals surface area contributed by atoms with Gasteiger partial charge in [0.2, 0.25) is 0 Å². The highest BCUT2D eigenvalue weighted by Crippen LogP contribution is 2.27. The number of hydrogen-bond donors (Lipinski definition) is 1. The summed E-state index contributed by atoms with van der Waals surface area (Å²) in [5.74, 6) is 0.758. The van der Waals surface area contributed by atoms with Crippen LogP contribution in [0, 0.1) is 11.7 Å². The Morgan fingerprint density at radius 1 is 1.44 bits per heavy atom. The summed E-state index contributed by atoms with van der Waals surface area (Å²) in [4.78, 5) is 0. The van der Waals surface area contributed by atoms with Gasteiger partial charge in [-0.05, 0) is 37.8 Å². The first-order valence-electron chi connectivity index (χ1n) is 6.43. The standard InChI is InChI=1S/C14H20FNO2/c1-10(16)14-12(15)3-2-4-13(14)18-9-11-5-7-17-8-6-11/h2-4,10-11H,5-9,16H2,1H3/t10-/m0/s1. The Labute approximate surface area is 107 Å². The average Bonchev–Trinajstić information content (AvgIpc) is 2.37. The molecule has 2 rings (SSSR count). The van der Waals surface area contributed by atoms with E-state index in [1.807, 2.05) is 0 Å². The van der Waals surface area contributed by atoms with Crippen molar-refractivity contribution in [1.82, 2.24) is 0 Å². The monoisotopic (exact) mass is 253 g/mol. The van der Waals surface area contributed by atoms with Gasteiger partial charge in [-0.25, -0.2) is 4.39 Å². The largest absolute Gasteiger partial charge is 0.493 e. The van der Waals surface area contributed by atoms with Gasteiger partial charge in [0.05, 0.1) is 6.61 Å². The lowest BCUT2D eigenvalue weighted by Gasteiger charge is -2.23. The van der Waals surface area contributed by atoms with E-state index in [2.05, 4.69) is 0 Å². The zero-order chi connectivity index (χ0) is 13.0. The van der Waals surface area contributed by atoms with Crippen LogP contribution >= 0.6 is 0 Å². The fourth-order valence-corrected chi connectivity index (χ4v) is 2.21. The lowest BCUT2D eigenvalue weighted by molar-refractivity contribution is 0.0495. The third-order valence-corrected chi connectivity index (χ3v) is 3.28. The molecule has 0 spiro atoms. The van der Waals surface area contributed by atoms with Crippen molar-refractivity contribution in [2.45, 2.75) is 25.8 Å². The van der Waals surface area contributed by atoms with Crippen LogP contribution in [0.5, 0.6) is 5.75 Å². The van der Waals surface area contributed by atoms with Crippen LogP contribution in [0.25, 0.3) is 0 Å². The Hall–Kier alpha value is -1.13. The molecule has 0 aromatic heterocycles. The Bertz CT molecular complexity index is 389. The maximum atomic E-state index is 13.7. The molecule has 1 aliphatic heterocycles. The first-order chi connectivity index (χ1) is 8.68. The van der Waals surface area contributed by atoms with E-state index in [0.717, 1.165) is 26.1 Å². The van der Waals surface area contributed by atoms with Gasteiger partial charge in [0, 0.05) is 24.8 Å². The van der Waals surface area contributed by atoms with Crippen molar-refractivity contribution >= 4 is 0 Å². The van der Waals surface area contributed by atoms with Gasteiger partial charge < -0.3 is 15.2 Å². The summed E-state index contributed by atoms with van der Waals surface area (Å²) in [6, 6.07) is 4.48. The molecule has 100 valence electrons. The summed E-state index contributed by atoms with van der Waals surface area (Å²) < 4.78 is 24.7. The van der Waals surface area contributed by atoms with Crippen LogP contribution in [0.15, 0.2) is 18.2 Å². The van der Waals surface area contributed by atoms with Crippen molar-refractivity contribution in [2.75, 3.05) is 19.8 Å². The molecule has 0 radical (unpaired) electrons.